The summed E-state index contributed by atoms with van der Waals surface area (Å²) in [4.78, 5) is 27.5. The largest absolute Gasteiger partial charge is 0.351 e. The van der Waals surface area contributed by atoms with Crippen LogP contribution in [-0.2, 0) is 11.3 Å². The second-order valence-corrected chi connectivity index (χ2v) is 8.49. The molecule has 1 heterocycles. The maximum absolute atomic E-state index is 12.9. The summed E-state index contributed by atoms with van der Waals surface area (Å²) in [5.74, 6) is -0.0108. The van der Waals surface area contributed by atoms with Crippen molar-refractivity contribution < 1.29 is 9.59 Å². The SMILES string of the molecule is Cc1ccc(CNC(=O)[C@]2(C)CCCN(C(=O)c3cccc(Br)c3)C2)cc1. The van der Waals surface area contributed by atoms with E-state index in [0.29, 0.717) is 25.2 Å². The molecule has 1 saturated heterocycles. The van der Waals surface area contributed by atoms with E-state index in [1.54, 1.807) is 4.90 Å². The Morgan fingerprint density at radius 3 is 2.63 bits per heavy atom. The number of nitrogens with zero attached hydrogens (tertiary/aromatic N) is 1. The van der Waals surface area contributed by atoms with Crippen LogP contribution in [0.25, 0.3) is 0 Å². The van der Waals surface area contributed by atoms with Gasteiger partial charge in [0, 0.05) is 29.7 Å². The lowest BCUT2D eigenvalue weighted by atomic mass is 9.80. The Bertz CT molecular complexity index is 834. The van der Waals surface area contributed by atoms with E-state index in [2.05, 4.69) is 21.2 Å². The third kappa shape index (κ3) is 4.78. The molecule has 0 radical (unpaired) electrons. The lowest BCUT2D eigenvalue weighted by Crippen LogP contribution is -2.51. The summed E-state index contributed by atoms with van der Waals surface area (Å²) in [6.45, 7) is 5.64. The van der Waals surface area contributed by atoms with Crippen molar-refractivity contribution >= 4 is 27.7 Å². The molecular formula is C22H25BrN2O2. The number of hydrogen-bond acceptors (Lipinski definition) is 2. The number of likely N-dealkylation sites (tertiary alicyclic amines) is 1. The fraction of sp³-hybridized carbons (Fsp3) is 0.364. The van der Waals surface area contributed by atoms with E-state index in [9.17, 15) is 9.59 Å². The predicted molar refractivity (Wildman–Crippen MR) is 110 cm³/mol. The number of aryl methyl sites for hydroxylation is 1. The van der Waals surface area contributed by atoms with Gasteiger partial charge in [0.25, 0.3) is 5.91 Å². The van der Waals surface area contributed by atoms with Gasteiger partial charge in [-0.3, -0.25) is 9.59 Å². The second kappa shape index (κ2) is 8.26. The fourth-order valence-corrected chi connectivity index (χ4v) is 3.90. The molecule has 1 atom stereocenters. The first-order chi connectivity index (χ1) is 12.9. The number of piperidine rings is 1. The molecule has 1 N–H and O–H groups in total. The number of carbonyl (C=O) groups is 2. The van der Waals surface area contributed by atoms with E-state index < -0.39 is 5.41 Å². The van der Waals surface area contributed by atoms with Crippen molar-refractivity contribution in [1.29, 1.82) is 0 Å². The summed E-state index contributed by atoms with van der Waals surface area (Å²) in [6.07, 6.45) is 1.61. The molecule has 3 rings (SSSR count). The molecule has 5 heteroatoms. The minimum absolute atomic E-state index is 0.00909. The zero-order valence-electron chi connectivity index (χ0n) is 15.8. The number of hydrogen-bond donors (Lipinski definition) is 1. The van der Waals surface area contributed by atoms with E-state index in [4.69, 9.17) is 0 Å². The van der Waals surface area contributed by atoms with Crippen LogP contribution >= 0.6 is 15.9 Å². The smallest absolute Gasteiger partial charge is 0.253 e. The summed E-state index contributed by atoms with van der Waals surface area (Å²) < 4.78 is 0.879. The molecule has 27 heavy (non-hydrogen) atoms. The van der Waals surface area contributed by atoms with Crippen molar-refractivity contribution in [3.05, 3.63) is 69.7 Å². The van der Waals surface area contributed by atoms with Crippen LogP contribution in [0, 0.1) is 12.3 Å². The van der Waals surface area contributed by atoms with Gasteiger partial charge in [-0.15, -0.1) is 0 Å². The highest BCUT2D eigenvalue weighted by atomic mass is 79.9. The van der Waals surface area contributed by atoms with Gasteiger partial charge in [-0.1, -0.05) is 51.8 Å². The standard InChI is InChI=1S/C22H25BrN2O2/c1-16-7-9-17(10-8-16)14-24-21(27)22(2)11-4-12-25(15-22)20(26)18-5-3-6-19(23)13-18/h3,5-10,13H,4,11-12,14-15H2,1-2H3,(H,24,27)/t22-/m1/s1. The molecule has 4 nitrogen and oxygen atoms in total. The van der Waals surface area contributed by atoms with Crippen molar-refractivity contribution in [3.63, 3.8) is 0 Å². The van der Waals surface area contributed by atoms with Crippen LogP contribution in [0.3, 0.4) is 0 Å². The van der Waals surface area contributed by atoms with Crippen LogP contribution < -0.4 is 5.32 Å². The van der Waals surface area contributed by atoms with Gasteiger partial charge in [-0.05, 0) is 50.5 Å². The molecule has 0 aromatic heterocycles. The van der Waals surface area contributed by atoms with E-state index in [1.165, 1.54) is 5.56 Å². The van der Waals surface area contributed by atoms with Gasteiger partial charge in [-0.2, -0.15) is 0 Å². The van der Waals surface area contributed by atoms with Gasteiger partial charge in [0.05, 0.1) is 5.41 Å². The number of rotatable bonds is 4. The van der Waals surface area contributed by atoms with E-state index in [1.807, 2.05) is 62.4 Å². The Labute approximate surface area is 169 Å². The Balaban J connectivity index is 1.65. The molecule has 1 fully saturated rings. The Morgan fingerprint density at radius 1 is 1.19 bits per heavy atom. The summed E-state index contributed by atoms with van der Waals surface area (Å²) in [7, 11) is 0. The Hall–Kier alpha value is -2.14. The van der Waals surface area contributed by atoms with Crippen LogP contribution in [0.15, 0.2) is 53.0 Å². The number of nitrogens with one attached hydrogen (secondary N) is 1. The van der Waals surface area contributed by atoms with Crippen molar-refractivity contribution in [2.24, 2.45) is 5.41 Å². The van der Waals surface area contributed by atoms with Gasteiger partial charge in [0.1, 0.15) is 0 Å². The molecule has 1 aliphatic rings. The highest BCUT2D eigenvalue weighted by Crippen LogP contribution is 2.31. The Morgan fingerprint density at radius 2 is 1.93 bits per heavy atom. The molecule has 2 aromatic carbocycles. The van der Waals surface area contributed by atoms with Gasteiger partial charge < -0.3 is 10.2 Å². The Kier molecular flexibility index (Phi) is 6.00. The van der Waals surface area contributed by atoms with Crippen LogP contribution in [0.2, 0.25) is 0 Å². The van der Waals surface area contributed by atoms with Crippen LogP contribution in [0.5, 0.6) is 0 Å². The summed E-state index contributed by atoms with van der Waals surface area (Å²) >= 11 is 3.41. The minimum atomic E-state index is -0.565. The number of carbonyl (C=O) groups excluding carboxylic acids is 2. The van der Waals surface area contributed by atoms with E-state index in [-0.39, 0.29) is 11.8 Å². The first kappa shape index (κ1) is 19.6. The average molecular weight is 429 g/mol. The van der Waals surface area contributed by atoms with Gasteiger partial charge in [0.15, 0.2) is 0 Å². The fourth-order valence-electron chi connectivity index (χ4n) is 3.50. The van der Waals surface area contributed by atoms with Gasteiger partial charge in [0.2, 0.25) is 5.91 Å². The highest BCUT2D eigenvalue weighted by molar-refractivity contribution is 9.10. The summed E-state index contributed by atoms with van der Waals surface area (Å²) in [5.41, 5.74) is 2.36. The monoisotopic (exact) mass is 428 g/mol. The third-order valence-electron chi connectivity index (χ3n) is 5.18. The number of benzene rings is 2. The summed E-state index contributed by atoms with van der Waals surface area (Å²) in [6, 6.07) is 15.5. The van der Waals surface area contributed by atoms with E-state index in [0.717, 1.165) is 22.9 Å². The van der Waals surface area contributed by atoms with Crippen molar-refractivity contribution in [2.45, 2.75) is 33.2 Å². The lowest BCUT2D eigenvalue weighted by molar-refractivity contribution is -0.132. The van der Waals surface area contributed by atoms with Gasteiger partial charge in [-0.25, -0.2) is 0 Å². The molecule has 2 aromatic rings. The van der Waals surface area contributed by atoms with Crippen molar-refractivity contribution in [3.8, 4) is 0 Å². The van der Waals surface area contributed by atoms with E-state index >= 15 is 0 Å². The van der Waals surface area contributed by atoms with Crippen molar-refractivity contribution in [2.75, 3.05) is 13.1 Å². The first-order valence-electron chi connectivity index (χ1n) is 9.26. The third-order valence-corrected chi connectivity index (χ3v) is 5.67. The summed E-state index contributed by atoms with van der Waals surface area (Å²) in [5, 5.41) is 3.05. The highest BCUT2D eigenvalue weighted by Gasteiger charge is 2.39. The van der Waals surface area contributed by atoms with Crippen LogP contribution in [0.1, 0.15) is 41.3 Å². The number of amides is 2. The number of halogens is 1. The molecule has 142 valence electrons. The maximum atomic E-state index is 12.9. The molecule has 2 amide bonds. The topological polar surface area (TPSA) is 49.4 Å². The molecule has 1 aliphatic heterocycles. The normalized spacial score (nSPS) is 19.6. The van der Waals surface area contributed by atoms with Crippen molar-refractivity contribution in [1.82, 2.24) is 10.2 Å². The molecule has 0 spiro atoms. The maximum Gasteiger partial charge on any atom is 0.253 e. The first-order valence-corrected chi connectivity index (χ1v) is 10.1. The quantitative estimate of drug-likeness (QED) is 0.787. The molecular weight excluding hydrogens is 404 g/mol. The van der Waals surface area contributed by atoms with Crippen LogP contribution in [-0.4, -0.2) is 29.8 Å². The zero-order chi connectivity index (χ0) is 19.4. The second-order valence-electron chi connectivity index (χ2n) is 7.57. The van der Waals surface area contributed by atoms with Gasteiger partial charge >= 0.3 is 0 Å². The molecule has 0 saturated carbocycles. The predicted octanol–water partition coefficient (Wildman–Crippen LogP) is 4.32. The molecule has 0 unspecified atom stereocenters. The average Bonchev–Trinajstić information content (AvgIpc) is 2.66. The van der Waals surface area contributed by atoms with Crippen LogP contribution in [0.4, 0.5) is 0 Å². The molecule has 0 aliphatic carbocycles. The minimum Gasteiger partial charge on any atom is -0.351 e. The lowest BCUT2D eigenvalue weighted by Gasteiger charge is -2.39. The zero-order valence-corrected chi connectivity index (χ0v) is 17.4. The molecule has 0 bridgehead atoms.